The van der Waals surface area contributed by atoms with Crippen molar-refractivity contribution in [3.63, 3.8) is 0 Å². The molecular formula is C19H19N3O2. The van der Waals surface area contributed by atoms with E-state index in [0.717, 1.165) is 41.1 Å². The van der Waals surface area contributed by atoms with Gasteiger partial charge in [-0.25, -0.2) is 0 Å². The van der Waals surface area contributed by atoms with Gasteiger partial charge in [0.1, 0.15) is 17.7 Å². The number of ether oxygens (including phenoxy) is 1. The van der Waals surface area contributed by atoms with Gasteiger partial charge in [-0.15, -0.1) is 0 Å². The monoisotopic (exact) mass is 321 g/mol. The van der Waals surface area contributed by atoms with Crippen LogP contribution in [0.5, 0.6) is 0 Å². The van der Waals surface area contributed by atoms with Gasteiger partial charge in [0, 0.05) is 12.7 Å². The van der Waals surface area contributed by atoms with Crippen molar-refractivity contribution in [1.82, 2.24) is 9.78 Å². The minimum atomic E-state index is -0.322. The molecule has 122 valence electrons. The second-order valence-corrected chi connectivity index (χ2v) is 5.96. The molecule has 1 aliphatic carbocycles. The first-order chi connectivity index (χ1) is 11.8. The Balaban J connectivity index is 1.93. The molecule has 1 aromatic heterocycles. The second kappa shape index (κ2) is 6.09. The van der Waals surface area contributed by atoms with Crippen molar-refractivity contribution in [2.75, 3.05) is 12.4 Å². The minimum Gasteiger partial charge on any atom is -0.361 e. The minimum absolute atomic E-state index is 0.0561. The third kappa shape index (κ3) is 2.47. The molecule has 0 spiro atoms. The van der Waals surface area contributed by atoms with Gasteiger partial charge in [0.15, 0.2) is 0 Å². The SMILES string of the molecule is COC1CC(=O)n2nc(-c3ccccc3)c(C3=CCCC=C3)c2N1. The topological polar surface area (TPSA) is 56.2 Å². The summed E-state index contributed by atoms with van der Waals surface area (Å²) in [5, 5.41) is 7.94. The van der Waals surface area contributed by atoms with Crippen LogP contribution in [-0.4, -0.2) is 29.0 Å². The summed E-state index contributed by atoms with van der Waals surface area (Å²) < 4.78 is 6.85. The number of hydrogen-bond donors (Lipinski definition) is 1. The van der Waals surface area contributed by atoms with Crippen LogP contribution in [0.3, 0.4) is 0 Å². The van der Waals surface area contributed by atoms with E-state index in [4.69, 9.17) is 4.74 Å². The lowest BCUT2D eigenvalue weighted by Gasteiger charge is -2.24. The van der Waals surface area contributed by atoms with Crippen molar-refractivity contribution in [3.8, 4) is 11.3 Å². The zero-order chi connectivity index (χ0) is 16.5. The van der Waals surface area contributed by atoms with Gasteiger partial charge in [0.25, 0.3) is 5.91 Å². The number of carbonyl (C=O) groups is 1. The van der Waals surface area contributed by atoms with Crippen molar-refractivity contribution in [1.29, 1.82) is 0 Å². The zero-order valence-corrected chi connectivity index (χ0v) is 13.5. The normalized spacial score (nSPS) is 19.6. The van der Waals surface area contributed by atoms with Gasteiger partial charge < -0.3 is 10.1 Å². The number of nitrogens with zero attached hydrogens (tertiary/aromatic N) is 2. The highest BCUT2D eigenvalue weighted by molar-refractivity contribution is 5.95. The van der Waals surface area contributed by atoms with Gasteiger partial charge in [0.2, 0.25) is 0 Å². The average molecular weight is 321 g/mol. The van der Waals surface area contributed by atoms with Gasteiger partial charge in [-0.05, 0) is 18.4 Å². The molecule has 2 heterocycles. The number of rotatable bonds is 3. The second-order valence-electron chi connectivity index (χ2n) is 5.96. The summed E-state index contributed by atoms with van der Waals surface area (Å²) in [4.78, 5) is 12.5. The van der Waals surface area contributed by atoms with E-state index >= 15 is 0 Å². The Morgan fingerprint density at radius 2 is 2.08 bits per heavy atom. The van der Waals surface area contributed by atoms with E-state index in [-0.39, 0.29) is 18.6 Å². The van der Waals surface area contributed by atoms with Crippen molar-refractivity contribution in [2.45, 2.75) is 25.5 Å². The molecule has 0 bridgehead atoms. The molecule has 0 fully saturated rings. The number of methoxy groups -OCH3 is 1. The summed E-state index contributed by atoms with van der Waals surface area (Å²) in [5.41, 5.74) is 3.88. The van der Waals surface area contributed by atoms with E-state index in [9.17, 15) is 4.79 Å². The van der Waals surface area contributed by atoms with Crippen LogP contribution in [0.25, 0.3) is 16.8 Å². The molecule has 1 aromatic carbocycles. The molecular weight excluding hydrogens is 302 g/mol. The molecule has 0 saturated carbocycles. The van der Waals surface area contributed by atoms with E-state index in [1.807, 2.05) is 30.3 Å². The first kappa shape index (κ1) is 14.9. The fraction of sp³-hybridized carbons (Fsp3) is 0.263. The predicted molar refractivity (Wildman–Crippen MR) is 93.7 cm³/mol. The van der Waals surface area contributed by atoms with Crippen molar-refractivity contribution in [3.05, 3.63) is 54.1 Å². The van der Waals surface area contributed by atoms with E-state index in [0.29, 0.717) is 0 Å². The van der Waals surface area contributed by atoms with E-state index < -0.39 is 0 Å². The number of benzene rings is 1. The number of carbonyl (C=O) groups excluding carboxylic acids is 1. The van der Waals surface area contributed by atoms with E-state index in [2.05, 4.69) is 28.6 Å². The molecule has 24 heavy (non-hydrogen) atoms. The lowest BCUT2D eigenvalue weighted by Crippen LogP contribution is -2.35. The van der Waals surface area contributed by atoms with Crippen LogP contribution in [0.2, 0.25) is 0 Å². The lowest BCUT2D eigenvalue weighted by molar-refractivity contribution is 0.0685. The summed E-state index contributed by atoms with van der Waals surface area (Å²) in [5.74, 6) is 0.661. The Labute approximate surface area is 140 Å². The van der Waals surface area contributed by atoms with E-state index in [1.54, 1.807) is 7.11 Å². The van der Waals surface area contributed by atoms with Crippen LogP contribution < -0.4 is 5.32 Å². The molecule has 4 rings (SSSR count). The van der Waals surface area contributed by atoms with Crippen molar-refractivity contribution in [2.24, 2.45) is 0 Å². The van der Waals surface area contributed by atoms with Crippen LogP contribution in [0, 0.1) is 0 Å². The molecule has 5 heteroatoms. The fourth-order valence-corrected chi connectivity index (χ4v) is 3.19. The highest BCUT2D eigenvalue weighted by Gasteiger charge is 2.31. The molecule has 0 radical (unpaired) electrons. The predicted octanol–water partition coefficient (Wildman–Crippen LogP) is 3.71. The fourth-order valence-electron chi connectivity index (χ4n) is 3.19. The third-order valence-electron chi connectivity index (χ3n) is 4.39. The van der Waals surface area contributed by atoms with Crippen LogP contribution in [0.15, 0.2) is 48.6 Å². The quantitative estimate of drug-likeness (QED) is 0.936. The molecule has 1 unspecified atom stereocenters. The summed E-state index contributed by atoms with van der Waals surface area (Å²) >= 11 is 0. The third-order valence-corrected chi connectivity index (χ3v) is 4.39. The molecule has 1 atom stereocenters. The first-order valence-corrected chi connectivity index (χ1v) is 8.16. The van der Waals surface area contributed by atoms with Gasteiger partial charge >= 0.3 is 0 Å². The maximum atomic E-state index is 12.5. The van der Waals surface area contributed by atoms with E-state index in [1.165, 1.54) is 4.68 Å². The number of allylic oxidation sites excluding steroid dienone is 4. The van der Waals surface area contributed by atoms with Gasteiger partial charge in [-0.2, -0.15) is 9.78 Å². The number of aromatic nitrogens is 2. The van der Waals surface area contributed by atoms with Gasteiger partial charge in [-0.3, -0.25) is 4.79 Å². The van der Waals surface area contributed by atoms with Crippen molar-refractivity contribution >= 4 is 17.3 Å². The summed E-state index contributed by atoms with van der Waals surface area (Å²) in [6.45, 7) is 0. The highest BCUT2D eigenvalue weighted by Crippen LogP contribution is 2.38. The molecule has 0 saturated heterocycles. The smallest absolute Gasteiger partial charge is 0.253 e. The van der Waals surface area contributed by atoms with Gasteiger partial charge in [0.05, 0.1) is 12.0 Å². The maximum Gasteiger partial charge on any atom is 0.253 e. The Morgan fingerprint density at radius 1 is 1.25 bits per heavy atom. The molecule has 0 amide bonds. The number of fused-ring (bicyclic) bond motifs is 1. The zero-order valence-electron chi connectivity index (χ0n) is 13.5. The Hall–Kier alpha value is -2.66. The van der Waals surface area contributed by atoms with Crippen LogP contribution in [-0.2, 0) is 4.74 Å². The van der Waals surface area contributed by atoms with Crippen molar-refractivity contribution < 1.29 is 9.53 Å². The molecule has 2 aliphatic rings. The summed E-state index contributed by atoms with van der Waals surface area (Å²) in [7, 11) is 1.61. The standard InChI is InChI=1S/C19H19N3O2/c1-24-15-12-16(23)22-19(20-15)17(13-8-4-2-5-9-13)18(21-22)14-10-6-3-7-11-14/h3-4,6-11,15,20H,2,5,12H2,1H3. The Bertz CT molecular complexity index is 834. The number of anilines is 1. The highest BCUT2D eigenvalue weighted by atomic mass is 16.5. The number of nitrogens with one attached hydrogen (secondary N) is 1. The molecule has 1 aliphatic heterocycles. The van der Waals surface area contributed by atoms with Crippen LogP contribution in [0.4, 0.5) is 5.82 Å². The molecule has 1 N–H and O–H groups in total. The molecule has 2 aromatic rings. The Kier molecular flexibility index (Phi) is 3.78. The number of hydrogen-bond acceptors (Lipinski definition) is 4. The molecule has 5 nitrogen and oxygen atoms in total. The average Bonchev–Trinajstić information content (AvgIpc) is 3.03. The summed E-state index contributed by atoms with van der Waals surface area (Å²) in [6, 6.07) is 9.97. The van der Waals surface area contributed by atoms with Crippen LogP contribution >= 0.6 is 0 Å². The largest absolute Gasteiger partial charge is 0.361 e. The Morgan fingerprint density at radius 3 is 2.79 bits per heavy atom. The van der Waals surface area contributed by atoms with Crippen LogP contribution in [0.1, 0.15) is 29.6 Å². The maximum absolute atomic E-state index is 12.5. The first-order valence-electron chi connectivity index (χ1n) is 8.16. The lowest BCUT2D eigenvalue weighted by atomic mass is 9.96. The summed E-state index contributed by atoms with van der Waals surface area (Å²) in [6.07, 6.45) is 8.45. The van der Waals surface area contributed by atoms with Gasteiger partial charge in [-0.1, -0.05) is 48.6 Å².